The van der Waals surface area contributed by atoms with Gasteiger partial charge >= 0.3 is 6.09 Å². The number of carbonyl (C=O) groups is 1. The van der Waals surface area contributed by atoms with Crippen molar-refractivity contribution < 1.29 is 13.9 Å². The highest BCUT2D eigenvalue weighted by molar-refractivity contribution is 7.95. The minimum Gasteiger partial charge on any atom is -0.444 e. The minimum absolute atomic E-state index is 0.116. The molecule has 1 aliphatic rings. The summed E-state index contributed by atoms with van der Waals surface area (Å²) in [5.41, 5.74) is 0.370. The maximum atomic E-state index is 14.3. The molecule has 184 valence electrons. The first-order valence-corrected chi connectivity index (χ1v) is 12.3. The first-order valence-electron chi connectivity index (χ1n) is 10.7. The number of pyridine rings is 1. The molecule has 2 aromatic rings. The van der Waals surface area contributed by atoms with Crippen LogP contribution in [0.1, 0.15) is 40.2 Å². The number of carbonyl (C=O) groups excluding carboxylic acids is 1. The average molecular weight is 528 g/mol. The van der Waals surface area contributed by atoms with Crippen LogP contribution in [0.25, 0.3) is 11.3 Å². The van der Waals surface area contributed by atoms with Crippen LogP contribution in [0.3, 0.4) is 0 Å². The van der Waals surface area contributed by atoms with Gasteiger partial charge in [0.25, 0.3) is 0 Å². The Bertz CT molecular complexity index is 1100. The summed E-state index contributed by atoms with van der Waals surface area (Å²) in [5, 5.41) is 6.04. The quantitative estimate of drug-likeness (QED) is 0.235. The fourth-order valence-electron chi connectivity index (χ4n) is 3.77. The summed E-state index contributed by atoms with van der Waals surface area (Å²) in [6, 6.07) is 7.53. The van der Waals surface area contributed by atoms with E-state index < -0.39 is 11.4 Å². The van der Waals surface area contributed by atoms with Crippen molar-refractivity contribution in [2.45, 2.75) is 52.3 Å². The summed E-state index contributed by atoms with van der Waals surface area (Å²) in [7, 11) is 0. The van der Waals surface area contributed by atoms with Crippen molar-refractivity contribution in [3.63, 3.8) is 0 Å². The number of amidine groups is 1. The lowest BCUT2D eigenvalue weighted by Gasteiger charge is -2.45. The topological polar surface area (TPSA) is 84.0 Å². The molecule has 3 rings (SSSR count). The van der Waals surface area contributed by atoms with E-state index in [9.17, 15) is 9.18 Å². The van der Waals surface area contributed by atoms with Gasteiger partial charge in [0.15, 0.2) is 0 Å². The van der Waals surface area contributed by atoms with Crippen LogP contribution in [-0.2, 0) is 4.74 Å². The lowest BCUT2D eigenvalue weighted by atomic mass is 10.1. The lowest BCUT2D eigenvalue weighted by molar-refractivity contribution is 0.000530. The third-order valence-electron chi connectivity index (χ3n) is 5.32. The van der Waals surface area contributed by atoms with Crippen molar-refractivity contribution in [1.29, 1.82) is 0 Å². The molecule has 2 N–H and O–H groups in total. The van der Waals surface area contributed by atoms with Crippen molar-refractivity contribution >= 4 is 47.3 Å². The summed E-state index contributed by atoms with van der Waals surface area (Å²) < 4.78 is 24.3. The van der Waals surface area contributed by atoms with Crippen LogP contribution < -0.4 is 5.14 Å². The van der Waals surface area contributed by atoms with Crippen LogP contribution in [0.4, 0.5) is 9.18 Å². The molecule has 1 aliphatic heterocycles. The number of nitrogens with zero attached hydrogens (tertiary/aromatic N) is 4. The highest BCUT2D eigenvalue weighted by atomic mass is 35.5. The molecule has 7 nitrogen and oxygen atoms in total. The van der Waals surface area contributed by atoms with Crippen LogP contribution in [-0.4, -0.2) is 57.5 Å². The Morgan fingerprint density at radius 1 is 1.21 bits per heavy atom. The second kappa shape index (κ2) is 10.7. The standard InChI is InChI=1S/C23H28Cl2FN5O2S/c1-13-12-31(22(32)33-23(3,4)5)14(2)11-30(13)21(29-34-27)16-10-17(24)19(28-20(16)25)15-8-6-7-9-18(15)26/h6-10,13-14H,11-12,27H2,1-5H3/b29-21-/t13-,14+/m0/s1. The number of rotatable bonds is 3. The van der Waals surface area contributed by atoms with Gasteiger partial charge in [0.2, 0.25) is 0 Å². The molecule has 1 aromatic carbocycles. The van der Waals surface area contributed by atoms with E-state index >= 15 is 0 Å². The summed E-state index contributed by atoms with van der Waals surface area (Å²) >= 11 is 13.9. The van der Waals surface area contributed by atoms with E-state index in [2.05, 4.69) is 9.38 Å². The number of hydrogen-bond acceptors (Lipinski definition) is 6. The van der Waals surface area contributed by atoms with Crippen LogP contribution in [0.15, 0.2) is 34.7 Å². The maximum absolute atomic E-state index is 14.3. The first kappa shape index (κ1) is 26.5. The van der Waals surface area contributed by atoms with Gasteiger partial charge in [-0.15, -0.1) is 0 Å². The van der Waals surface area contributed by atoms with Crippen molar-refractivity contribution in [2.75, 3.05) is 13.1 Å². The van der Waals surface area contributed by atoms with E-state index in [0.717, 1.165) is 12.1 Å². The van der Waals surface area contributed by atoms with Gasteiger partial charge in [-0.1, -0.05) is 35.3 Å². The number of benzene rings is 1. The van der Waals surface area contributed by atoms with Crippen LogP contribution >= 0.6 is 35.3 Å². The molecule has 34 heavy (non-hydrogen) atoms. The molecule has 0 bridgehead atoms. The van der Waals surface area contributed by atoms with Crippen LogP contribution in [0.5, 0.6) is 0 Å². The van der Waals surface area contributed by atoms with E-state index in [0.29, 0.717) is 24.5 Å². The molecule has 2 heterocycles. The van der Waals surface area contributed by atoms with Crippen molar-refractivity contribution in [1.82, 2.24) is 14.8 Å². The number of hydrogen-bond donors (Lipinski definition) is 1. The van der Waals surface area contributed by atoms with Gasteiger partial charge in [-0.3, -0.25) is 5.14 Å². The summed E-state index contributed by atoms with van der Waals surface area (Å²) in [4.78, 5) is 20.8. The fraction of sp³-hybridized carbons (Fsp3) is 0.435. The molecule has 0 aliphatic carbocycles. The molecule has 1 amide bonds. The number of aromatic nitrogens is 1. The Morgan fingerprint density at radius 2 is 1.82 bits per heavy atom. The highest BCUT2D eigenvalue weighted by Gasteiger charge is 2.37. The molecular formula is C23H28Cl2FN5O2S. The molecule has 0 radical (unpaired) electrons. The monoisotopic (exact) mass is 527 g/mol. The fourth-order valence-corrected chi connectivity index (χ4v) is 4.55. The minimum atomic E-state index is -0.587. The van der Waals surface area contributed by atoms with Crippen LogP contribution in [0, 0.1) is 5.82 Å². The largest absolute Gasteiger partial charge is 0.444 e. The van der Waals surface area contributed by atoms with Gasteiger partial charge in [0, 0.05) is 30.7 Å². The Morgan fingerprint density at radius 3 is 2.44 bits per heavy atom. The number of piperazine rings is 1. The van der Waals surface area contributed by atoms with E-state index in [1.165, 1.54) is 6.07 Å². The van der Waals surface area contributed by atoms with Crippen LogP contribution in [0.2, 0.25) is 10.2 Å². The van der Waals surface area contributed by atoms with Gasteiger partial charge in [-0.05, 0) is 52.8 Å². The number of amides is 1. The summed E-state index contributed by atoms with van der Waals surface area (Å²) in [6.07, 6.45) is -0.366. The smallest absolute Gasteiger partial charge is 0.410 e. The zero-order chi connectivity index (χ0) is 25.2. The SMILES string of the molecule is C[C@@H]1CN(/C(=N\SN)c2cc(Cl)c(-c3ccccc3F)nc2Cl)[C@@H](C)CN1C(=O)OC(C)(C)C. The summed E-state index contributed by atoms with van der Waals surface area (Å²) in [5.74, 6) is 0.0306. The zero-order valence-corrected chi connectivity index (χ0v) is 22.0. The predicted octanol–water partition coefficient (Wildman–Crippen LogP) is 5.79. The first-order chi connectivity index (χ1) is 15.9. The third kappa shape index (κ3) is 5.94. The number of ether oxygens (including phenoxy) is 1. The second-order valence-corrected chi connectivity index (χ2v) is 10.3. The molecule has 2 atom stereocenters. The van der Waals surface area contributed by atoms with Gasteiger partial charge < -0.3 is 14.5 Å². The number of halogens is 3. The van der Waals surface area contributed by atoms with Gasteiger partial charge in [0.1, 0.15) is 22.4 Å². The van der Waals surface area contributed by atoms with Gasteiger partial charge in [-0.25, -0.2) is 14.2 Å². The molecule has 1 aromatic heterocycles. The molecule has 1 saturated heterocycles. The highest BCUT2D eigenvalue weighted by Crippen LogP contribution is 2.33. The molecule has 0 unspecified atom stereocenters. The van der Waals surface area contributed by atoms with Gasteiger partial charge in [-0.2, -0.15) is 4.40 Å². The van der Waals surface area contributed by atoms with E-state index in [1.807, 2.05) is 39.5 Å². The molecule has 11 heteroatoms. The molecular weight excluding hydrogens is 500 g/mol. The van der Waals surface area contributed by atoms with Gasteiger partial charge in [0.05, 0.1) is 28.4 Å². The lowest BCUT2D eigenvalue weighted by Crippen LogP contribution is -2.60. The average Bonchev–Trinajstić information content (AvgIpc) is 2.74. The van der Waals surface area contributed by atoms with E-state index in [4.69, 9.17) is 33.1 Å². The third-order valence-corrected chi connectivity index (χ3v) is 6.18. The molecule has 0 saturated carbocycles. The molecule has 0 spiro atoms. The van der Waals surface area contributed by atoms with Crippen molar-refractivity contribution in [3.05, 3.63) is 51.9 Å². The maximum Gasteiger partial charge on any atom is 0.410 e. The Labute approximate surface area is 213 Å². The van der Waals surface area contributed by atoms with Crippen molar-refractivity contribution in [2.24, 2.45) is 9.54 Å². The Balaban J connectivity index is 1.93. The van der Waals surface area contributed by atoms with E-state index in [-0.39, 0.29) is 39.6 Å². The Hall–Kier alpha value is -2.07. The molecule has 1 fully saturated rings. The second-order valence-electron chi connectivity index (χ2n) is 9.14. The number of nitrogens with two attached hydrogens (primary N) is 1. The summed E-state index contributed by atoms with van der Waals surface area (Å²) in [6.45, 7) is 10.3. The predicted molar refractivity (Wildman–Crippen MR) is 137 cm³/mol. The Kier molecular flexibility index (Phi) is 8.34. The van der Waals surface area contributed by atoms with E-state index in [1.54, 1.807) is 29.2 Å². The van der Waals surface area contributed by atoms with Crippen molar-refractivity contribution in [3.8, 4) is 11.3 Å². The zero-order valence-electron chi connectivity index (χ0n) is 19.7. The normalized spacial score (nSPS) is 19.4.